The number of hydrogen-bond acceptors (Lipinski definition) is 4. The quantitative estimate of drug-likeness (QED) is 0.518. The van der Waals surface area contributed by atoms with E-state index in [-0.39, 0.29) is 0 Å². The van der Waals surface area contributed by atoms with Gasteiger partial charge in [0.05, 0.1) is 11.4 Å². The normalized spacial score (nSPS) is 15.8. The lowest BCUT2D eigenvalue weighted by molar-refractivity contribution is -0.116. The number of benzodiazepines with no additional fused rings is 1. The lowest BCUT2D eigenvalue weighted by Gasteiger charge is -2.16. The third-order valence-corrected chi connectivity index (χ3v) is 4.27. The number of carbonyl (C=O) groups is 1. The maximum Gasteiger partial charge on any atom is 0.269 e. The van der Waals surface area contributed by atoms with Gasteiger partial charge in [0, 0.05) is 11.1 Å². The second-order valence-corrected chi connectivity index (χ2v) is 6.12. The van der Waals surface area contributed by atoms with Crippen molar-refractivity contribution < 1.29 is 22.4 Å². The van der Waals surface area contributed by atoms with Gasteiger partial charge >= 0.3 is 0 Å². The minimum Gasteiger partial charge on any atom is -0.351 e. The Kier molecular flexibility index (Phi) is 4.71. The second-order valence-electron chi connectivity index (χ2n) is 6.12. The molecule has 0 bridgehead atoms. The summed E-state index contributed by atoms with van der Waals surface area (Å²) in [5.74, 6) is -7.95. The first kappa shape index (κ1) is 18.6. The zero-order chi connectivity index (χ0) is 20.5. The van der Waals surface area contributed by atoms with E-state index >= 15 is 0 Å². The molecule has 1 aromatic heterocycles. The molecule has 29 heavy (non-hydrogen) atoms. The minimum atomic E-state index is -1.84. The van der Waals surface area contributed by atoms with Crippen LogP contribution in [0.2, 0.25) is 0 Å². The predicted molar refractivity (Wildman–Crippen MR) is 98.6 cm³/mol. The highest BCUT2D eigenvalue weighted by atomic mass is 19.2. The predicted octanol–water partition coefficient (Wildman–Crippen LogP) is 3.87. The fourth-order valence-electron chi connectivity index (χ4n) is 2.93. The van der Waals surface area contributed by atoms with Crippen LogP contribution in [0.25, 0.3) is 0 Å². The van der Waals surface area contributed by atoms with Crippen molar-refractivity contribution >= 4 is 23.0 Å². The molecule has 1 aliphatic heterocycles. The van der Waals surface area contributed by atoms with E-state index in [0.29, 0.717) is 22.5 Å². The van der Waals surface area contributed by atoms with Gasteiger partial charge in [-0.15, -0.1) is 0 Å². The van der Waals surface area contributed by atoms with Crippen LogP contribution in [0.5, 0.6) is 0 Å². The van der Waals surface area contributed by atoms with Gasteiger partial charge in [-0.05, 0) is 6.07 Å². The summed E-state index contributed by atoms with van der Waals surface area (Å²) >= 11 is 0. The van der Waals surface area contributed by atoms with Gasteiger partial charge in [-0.3, -0.25) is 4.79 Å². The number of rotatable bonds is 3. The van der Waals surface area contributed by atoms with Gasteiger partial charge in [0.25, 0.3) is 17.8 Å². The summed E-state index contributed by atoms with van der Waals surface area (Å²) in [5, 5.41) is 4.75. The number of pyridine rings is 1. The summed E-state index contributed by atoms with van der Waals surface area (Å²) < 4.78 is 54.9. The first-order valence-electron chi connectivity index (χ1n) is 8.45. The molecule has 2 aromatic carbocycles. The second kappa shape index (κ2) is 7.34. The lowest BCUT2D eigenvalue weighted by Crippen LogP contribution is -2.33. The van der Waals surface area contributed by atoms with Gasteiger partial charge in [0.2, 0.25) is 11.6 Å². The molecule has 146 valence electrons. The number of hydrogen-bond donors (Lipinski definition) is 2. The fourth-order valence-corrected chi connectivity index (χ4v) is 2.93. The Balaban J connectivity index is 1.84. The molecule has 1 amide bonds. The third-order valence-electron chi connectivity index (χ3n) is 4.27. The molecular formula is C20H12F4N4O. The van der Waals surface area contributed by atoms with Crippen molar-refractivity contribution in [3.8, 4) is 0 Å². The molecule has 1 aliphatic rings. The van der Waals surface area contributed by atoms with Crippen molar-refractivity contribution in [3.63, 3.8) is 0 Å². The van der Waals surface area contributed by atoms with E-state index in [0.717, 1.165) is 0 Å². The van der Waals surface area contributed by atoms with Crippen LogP contribution >= 0.6 is 0 Å². The zero-order valence-electron chi connectivity index (χ0n) is 14.6. The van der Waals surface area contributed by atoms with Crippen molar-refractivity contribution in [2.75, 3.05) is 10.6 Å². The van der Waals surface area contributed by atoms with Crippen LogP contribution in [0.15, 0.2) is 59.6 Å². The number of benzene rings is 2. The number of halogens is 4. The molecule has 5 nitrogen and oxygen atoms in total. The standard InChI is InChI=1S/C20H12F4N4O/c21-13-16(14(22)18(24)28-17(13)23)27-19-20(29)25-12-9-5-4-8-11(12)15(26-19)10-6-2-1-3-7-10/h1-9,19H,(H,25,29)(H,27,28)/t19-/m1/s1. The van der Waals surface area contributed by atoms with Crippen molar-refractivity contribution in [2.24, 2.45) is 4.99 Å². The summed E-state index contributed by atoms with van der Waals surface area (Å²) in [6.45, 7) is 0. The van der Waals surface area contributed by atoms with Gasteiger partial charge in [-0.1, -0.05) is 48.5 Å². The largest absolute Gasteiger partial charge is 0.351 e. The van der Waals surface area contributed by atoms with E-state index in [4.69, 9.17) is 0 Å². The topological polar surface area (TPSA) is 66.4 Å². The summed E-state index contributed by atoms with van der Waals surface area (Å²) in [4.78, 5) is 19.4. The summed E-state index contributed by atoms with van der Waals surface area (Å²) in [6.07, 6.45) is -1.57. The molecule has 0 saturated heterocycles. The molecule has 0 radical (unpaired) electrons. The molecule has 0 unspecified atom stereocenters. The molecule has 9 heteroatoms. The molecule has 0 saturated carbocycles. The summed E-state index contributed by atoms with van der Waals surface area (Å²) in [7, 11) is 0. The number of anilines is 2. The first-order chi connectivity index (χ1) is 14.0. The van der Waals surface area contributed by atoms with Crippen LogP contribution in [0.4, 0.5) is 28.9 Å². The van der Waals surface area contributed by atoms with Gasteiger partial charge in [0.15, 0.2) is 6.17 Å². The number of amides is 1. The molecular weight excluding hydrogens is 388 g/mol. The van der Waals surface area contributed by atoms with Crippen LogP contribution in [0.3, 0.4) is 0 Å². The Labute approximate surface area is 162 Å². The van der Waals surface area contributed by atoms with E-state index in [2.05, 4.69) is 20.6 Å². The molecule has 2 N–H and O–H groups in total. The monoisotopic (exact) mass is 400 g/mol. The average Bonchev–Trinajstić information content (AvgIpc) is 2.86. The Morgan fingerprint density at radius 2 is 1.48 bits per heavy atom. The number of aliphatic imine (C=N–C) groups is 1. The van der Waals surface area contributed by atoms with Crippen molar-refractivity contribution in [3.05, 3.63) is 89.3 Å². The van der Waals surface area contributed by atoms with Gasteiger partial charge < -0.3 is 10.6 Å². The summed E-state index contributed by atoms with van der Waals surface area (Å²) in [6, 6.07) is 15.6. The average molecular weight is 400 g/mol. The Morgan fingerprint density at radius 3 is 2.17 bits per heavy atom. The highest BCUT2D eigenvalue weighted by molar-refractivity contribution is 6.19. The van der Waals surface area contributed by atoms with Crippen molar-refractivity contribution in [1.82, 2.24) is 4.98 Å². The highest BCUT2D eigenvalue weighted by Gasteiger charge is 2.29. The maximum atomic E-state index is 14.0. The van der Waals surface area contributed by atoms with Crippen molar-refractivity contribution in [1.29, 1.82) is 0 Å². The molecule has 0 fully saturated rings. The molecule has 1 atom stereocenters. The van der Waals surface area contributed by atoms with Gasteiger partial charge in [-0.2, -0.15) is 22.5 Å². The molecule has 4 rings (SSSR count). The molecule has 2 heterocycles. The molecule has 3 aromatic rings. The van der Waals surface area contributed by atoms with Crippen molar-refractivity contribution in [2.45, 2.75) is 6.17 Å². The number of aromatic nitrogens is 1. The van der Waals surface area contributed by atoms with Crippen LogP contribution in [-0.4, -0.2) is 22.8 Å². The Hall–Kier alpha value is -3.75. The van der Waals surface area contributed by atoms with E-state index in [1.54, 1.807) is 54.6 Å². The van der Waals surface area contributed by atoms with Gasteiger partial charge in [0.1, 0.15) is 5.69 Å². The Bertz CT molecular complexity index is 1110. The van der Waals surface area contributed by atoms with E-state index < -0.39 is 41.3 Å². The number of nitrogens with zero attached hydrogens (tertiary/aromatic N) is 2. The smallest absolute Gasteiger partial charge is 0.269 e. The fraction of sp³-hybridized carbons (Fsp3) is 0.0500. The van der Waals surface area contributed by atoms with Crippen LogP contribution in [0, 0.1) is 23.5 Å². The Morgan fingerprint density at radius 1 is 0.862 bits per heavy atom. The van der Waals surface area contributed by atoms with E-state index in [1.165, 1.54) is 0 Å². The zero-order valence-corrected chi connectivity index (χ0v) is 14.6. The SMILES string of the molecule is O=C1Nc2ccccc2C(c2ccccc2)=N[C@@H]1Nc1c(F)c(F)nc(F)c1F. The first-order valence-corrected chi connectivity index (χ1v) is 8.45. The van der Waals surface area contributed by atoms with Crippen LogP contribution < -0.4 is 10.6 Å². The third kappa shape index (κ3) is 3.42. The maximum absolute atomic E-state index is 14.0. The van der Waals surface area contributed by atoms with Gasteiger partial charge in [-0.25, -0.2) is 4.99 Å². The van der Waals surface area contributed by atoms with E-state index in [9.17, 15) is 22.4 Å². The lowest BCUT2D eigenvalue weighted by atomic mass is 10.0. The summed E-state index contributed by atoms with van der Waals surface area (Å²) in [5.41, 5.74) is 0.822. The highest BCUT2D eigenvalue weighted by Crippen LogP contribution is 2.27. The molecule has 0 spiro atoms. The van der Waals surface area contributed by atoms with E-state index in [1.807, 2.05) is 0 Å². The number of para-hydroxylation sites is 1. The van der Waals surface area contributed by atoms with Crippen LogP contribution in [-0.2, 0) is 4.79 Å². The molecule has 0 aliphatic carbocycles. The number of carbonyl (C=O) groups excluding carboxylic acids is 1. The number of fused-ring (bicyclic) bond motifs is 1. The minimum absolute atomic E-state index is 0.355. The number of nitrogens with one attached hydrogen (secondary N) is 2. The van der Waals surface area contributed by atoms with Crippen LogP contribution in [0.1, 0.15) is 11.1 Å².